The van der Waals surface area contributed by atoms with Crippen LogP contribution in [0.25, 0.3) is 0 Å². The molecule has 0 spiro atoms. The molecule has 1 aliphatic carbocycles. The highest BCUT2D eigenvalue weighted by Crippen LogP contribution is 2.19. The van der Waals surface area contributed by atoms with Gasteiger partial charge in [-0.15, -0.1) is 5.10 Å². The molecule has 6 nitrogen and oxygen atoms in total. The number of carbonyl (C=O) groups excluding carboxylic acids is 1. The van der Waals surface area contributed by atoms with Crippen molar-refractivity contribution in [3.63, 3.8) is 0 Å². The van der Waals surface area contributed by atoms with Gasteiger partial charge in [0.15, 0.2) is 0 Å². The second kappa shape index (κ2) is 5.48. The molecule has 0 bridgehead atoms. The lowest BCUT2D eigenvalue weighted by Gasteiger charge is -2.13. The predicted octanol–water partition coefficient (Wildman–Crippen LogP) is 0.616. The van der Waals surface area contributed by atoms with Crippen LogP contribution in [0.5, 0.6) is 0 Å². The zero-order valence-electron chi connectivity index (χ0n) is 11.2. The van der Waals surface area contributed by atoms with Gasteiger partial charge in [-0.3, -0.25) is 4.79 Å². The maximum Gasteiger partial charge on any atom is 0.244 e. The van der Waals surface area contributed by atoms with Gasteiger partial charge < -0.3 is 10.6 Å². The van der Waals surface area contributed by atoms with Gasteiger partial charge in [-0.2, -0.15) is 0 Å². The van der Waals surface area contributed by atoms with Gasteiger partial charge in [0.05, 0.1) is 11.9 Å². The second-order valence-electron chi connectivity index (χ2n) is 5.18. The van der Waals surface area contributed by atoms with Crippen molar-refractivity contribution < 1.29 is 4.79 Å². The first-order chi connectivity index (χ1) is 8.56. The number of nitrogens with one attached hydrogen (secondary N) is 2. The Morgan fingerprint density at radius 2 is 2.22 bits per heavy atom. The van der Waals surface area contributed by atoms with E-state index < -0.39 is 0 Å². The maximum absolute atomic E-state index is 11.8. The van der Waals surface area contributed by atoms with Gasteiger partial charge in [0.25, 0.3) is 0 Å². The van der Waals surface area contributed by atoms with Crippen LogP contribution in [0.15, 0.2) is 6.20 Å². The molecule has 100 valence electrons. The van der Waals surface area contributed by atoms with Crippen molar-refractivity contribution in [1.82, 2.24) is 25.6 Å². The average Bonchev–Trinajstić information content (AvgIpc) is 3.02. The Bertz CT molecular complexity index is 410. The van der Waals surface area contributed by atoms with E-state index in [0.717, 1.165) is 12.2 Å². The number of carbonyl (C=O) groups is 1. The SMILES string of the molecule is CC(C)NC(=O)C(C)n1cc(CNC2CC2)nn1. The van der Waals surface area contributed by atoms with Gasteiger partial charge in [-0.25, -0.2) is 4.68 Å². The van der Waals surface area contributed by atoms with E-state index in [4.69, 9.17) is 0 Å². The third-order valence-electron chi connectivity index (χ3n) is 2.91. The van der Waals surface area contributed by atoms with Crippen LogP contribution in [0.1, 0.15) is 45.3 Å². The van der Waals surface area contributed by atoms with Crippen LogP contribution in [0.4, 0.5) is 0 Å². The Morgan fingerprint density at radius 1 is 1.50 bits per heavy atom. The minimum absolute atomic E-state index is 0.0309. The fourth-order valence-corrected chi connectivity index (χ4v) is 1.65. The largest absolute Gasteiger partial charge is 0.352 e. The predicted molar refractivity (Wildman–Crippen MR) is 67.9 cm³/mol. The average molecular weight is 251 g/mol. The van der Waals surface area contributed by atoms with Crippen molar-refractivity contribution in [2.75, 3.05) is 0 Å². The molecule has 1 atom stereocenters. The van der Waals surface area contributed by atoms with Crippen LogP contribution in [0.3, 0.4) is 0 Å². The molecule has 0 radical (unpaired) electrons. The summed E-state index contributed by atoms with van der Waals surface area (Å²) in [4.78, 5) is 11.8. The second-order valence-corrected chi connectivity index (χ2v) is 5.18. The molecule has 1 aromatic heterocycles. The summed E-state index contributed by atoms with van der Waals surface area (Å²) in [6, 6.07) is 0.464. The molecule has 1 aromatic rings. The molecule has 0 saturated heterocycles. The molecule has 2 rings (SSSR count). The fourth-order valence-electron chi connectivity index (χ4n) is 1.65. The monoisotopic (exact) mass is 251 g/mol. The summed E-state index contributed by atoms with van der Waals surface area (Å²) < 4.78 is 1.61. The van der Waals surface area contributed by atoms with Crippen LogP contribution in [0, 0.1) is 0 Å². The standard InChI is InChI=1S/C12H21N5O/c1-8(2)14-12(18)9(3)17-7-11(15-16-17)6-13-10-4-5-10/h7-10,13H,4-6H2,1-3H3,(H,14,18). The first kappa shape index (κ1) is 13.0. The normalized spacial score (nSPS) is 16.9. The molecule has 1 fully saturated rings. The maximum atomic E-state index is 11.8. The zero-order valence-corrected chi connectivity index (χ0v) is 11.2. The molecule has 6 heteroatoms. The summed E-state index contributed by atoms with van der Waals surface area (Å²) in [7, 11) is 0. The molecule has 1 unspecified atom stereocenters. The molecule has 1 saturated carbocycles. The van der Waals surface area contributed by atoms with E-state index >= 15 is 0 Å². The Balaban J connectivity index is 1.88. The number of nitrogens with zero attached hydrogens (tertiary/aromatic N) is 3. The topological polar surface area (TPSA) is 71.8 Å². The van der Waals surface area contributed by atoms with Crippen LogP contribution in [-0.2, 0) is 11.3 Å². The number of rotatable bonds is 6. The third kappa shape index (κ3) is 3.53. The summed E-state index contributed by atoms with van der Waals surface area (Å²) >= 11 is 0. The van der Waals surface area contributed by atoms with Crippen LogP contribution in [-0.4, -0.2) is 33.0 Å². The van der Waals surface area contributed by atoms with E-state index in [1.807, 2.05) is 27.0 Å². The molecule has 0 aliphatic heterocycles. The molecule has 0 aromatic carbocycles. The third-order valence-corrected chi connectivity index (χ3v) is 2.91. The number of aromatic nitrogens is 3. The number of hydrogen-bond donors (Lipinski definition) is 2. The Hall–Kier alpha value is -1.43. The summed E-state index contributed by atoms with van der Waals surface area (Å²) in [5.41, 5.74) is 0.881. The lowest BCUT2D eigenvalue weighted by atomic mass is 10.3. The Labute approximate surface area is 107 Å². The lowest BCUT2D eigenvalue weighted by molar-refractivity contribution is -0.124. The highest BCUT2D eigenvalue weighted by Gasteiger charge is 2.21. The van der Waals surface area contributed by atoms with Crippen molar-refractivity contribution in [3.05, 3.63) is 11.9 Å². The highest BCUT2D eigenvalue weighted by molar-refractivity contribution is 5.79. The highest BCUT2D eigenvalue weighted by atomic mass is 16.2. The van der Waals surface area contributed by atoms with E-state index in [-0.39, 0.29) is 18.0 Å². The first-order valence-electron chi connectivity index (χ1n) is 6.50. The number of amides is 1. The van der Waals surface area contributed by atoms with Gasteiger partial charge in [0, 0.05) is 18.6 Å². The van der Waals surface area contributed by atoms with E-state index in [0.29, 0.717) is 6.04 Å². The van der Waals surface area contributed by atoms with Gasteiger partial charge in [0.2, 0.25) is 5.91 Å². The van der Waals surface area contributed by atoms with E-state index in [1.165, 1.54) is 12.8 Å². The van der Waals surface area contributed by atoms with E-state index in [2.05, 4.69) is 20.9 Å². The van der Waals surface area contributed by atoms with Crippen LogP contribution < -0.4 is 10.6 Å². The van der Waals surface area contributed by atoms with Crippen LogP contribution in [0.2, 0.25) is 0 Å². The minimum Gasteiger partial charge on any atom is -0.352 e. The van der Waals surface area contributed by atoms with Crippen molar-refractivity contribution in [2.24, 2.45) is 0 Å². The summed E-state index contributed by atoms with van der Waals surface area (Å²) in [5, 5.41) is 14.3. The van der Waals surface area contributed by atoms with Gasteiger partial charge in [-0.05, 0) is 33.6 Å². The molecule has 18 heavy (non-hydrogen) atoms. The summed E-state index contributed by atoms with van der Waals surface area (Å²) in [6.45, 7) is 6.43. The van der Waals surface area contributed by atoms with Gasteiger partial charge >= 0.3 is 0 Å². The molecule has 1 heterocycles. The van der Waals surface area contributed by atoms with Gasteiger partial charge in [-0.1, -0.05) is 5.21 Å². The van der Waals surface area contributed by atoms with E-state index in [1.54, 1.807) is 4.68 Å². The quantitative estimate of drug-likeness (QED) is 0.777. The molecule has 2 N–H and O–H groups in total. The number of hydrogen-bond acceptors (Lipinski definition) is 4. The smallest absolute Gasteiger partial charge is 0.244 e. The van der Waals surface area contributed by atoms with Crippen molar-refractivity contribution in [1.29, 1.82) is 0 Å². The molecule has 1 amide bonds. The minimum atomic E-state index is -0.324. The molecule has 1 aliphatic rings. The molecular weight excluding hydrogens is 230 g/mol. The van der Waals surface area contributed by atoms with Crippen molar-refractivity contribution >= 4 is 5.91 Å². The Morgan fingerprint density at radius 3 is 2.83 bits per heavy atom. The molecular formula is C12H21N5O. The van der Waals surface area contributed by atoms with Crippen LogP contribution >= 0.6 is 0 Å². The van der Waals surface area contributed by atoms with Gasteiger partial charge in [0.1, 0.15) is 6.04 Å². The summed E-state index contributed by atoms with van der Waals surface area (Å²) in [6.07, 6.45) is 4.34. The van der Waals surface area contributed by atoms with Crippen molar-refractivity contribution in [2.45, 2.75) is 58.3 Å². The summed E-state index contributed by atoms with van der Waals surface area (Å²) in [5.74, 6) is -0.0309. The van der Waals surface area contributed by atoms with Crippen molar-refractivity contribution in [3.8, 4) is 0 Å². The zero-order chi connectivity index (χ0) is 13.1. The van der Waals surface area contributed by atoms with E-state index in [9.17, 15) is 4.79 Å². The first-order valence-corrected chi connectivity index (χ1v) is 6.50. The lowest BCUT2D eigenvalue weighted by Crippen LogP contribution is -2.35. The fraction of sp³-hybridized carbons (Fsp3) is 0.750. The Kier molecular flexibility index (Phi) is 3.96.